The lowest BCUT2D eigenvalue weighted by atomic mass is 10.1. The Morgan fingerprint density at radius 1 is 1.20 bits per heavy atom. The minimum atomic E-state index is -0.0242. The zero-order valence-corrected chi connectivity index (χ0v) is 17.9. The largest absolute Gasteiger partial charge is 0.494 e. The van der Waals surface area contributed by atoms with Crippen LogP contribution in [0.25, 0.3) is 0 Å². The van der Waals surface area contributed by atoms with Gasteiger partial charge >= 0.3 is 0 Å². The lowest BCUT2D eigenvalue weighted by Gasteiger charge is -2.15. The van der Waals surface area contributed by atoms with E-state index in [1.165, 1.54) is 5.56 Å². The average molecular weight is 408 g/mol. The van der Waals surface area contributed by atoms with Gasteiger partial charge in [0.2, 0.25) is 0 Å². The number of ether oxygens (including phenoxy) is 1. The van der Waals surface area contributed by atoms with Crippen LogP contribution in [0.2, 0.25) is 0 Å². The van der Waals surface area contributed by atoms with Crippen molar-refractivity contribution in [1.82, 2.24) is 15.1 Å². The van der Waals surface area contributed by atoms with Crippen molar-refractivity contribution in [3.63, 3.8) is 0 Å². The van der Waals surface area contributed by atoms with Crippen LogP contribution in [-0.4, -0.2) is 40.7 Å². The van der Waals surface area contributed by atoms with E-state index >= 15 is 0 Å². The van der Waals surface area contributed by atoms with Crippen LogP contribution in [0, 0.1) is 26.7 Å². The number of carbonyl (C=O) groups is 1. The summed E-state index contributed by atoms with van der Waals surface area (Å²) in [6.45, 7) is 8.23. The maximum absolute atomic E-state index is 12.9. The number of hydrogen-bond donors (Lipinski definition) is 1. The molecule has 0 aliphatic carbocycles. The van der Waals surface area contributed by atoms with Crippen molar-refractivity contribution >= 4 is 5.91 Å². The number of aryl methyl sites for hydroxylation is 3. The van der Waals surface area contributed by atoms with E-state index < -0.39 is 0 Å². The topological polar surface area (TPSA) is 71.4 Å². The molecule has 1 amide bonds. The zero-order chi connectivity index (χ0) is 21.1. The highest BCUT2D eigenvalue weighted by molar-refractivity contribution is 5.91. The van der Waals surface area contributed by atoms with Gasteiger partial charge in [-0.05, 0) is 63.8 Å². The van der Waals surface area contributed by atoms with Crippen LogP contribution < -0.4 is 4.74 Å². The number of nitrogens with zero attached hydrogens (tertiary/aromatic N) is 2. The third kappa shape index (κ3) is 4.58. The number of hydrogen-bond acceptors (Lipinski definition) is 4. The molecule has 1 N–H and O–H groups in total. The first kappa shape index (κ1) is 20.3. The van der Waals surface area contributed by atoms with E-state index in [1.54, 1.807) is 6.07 Å². The van der Waals surface area contributed by atoms with Gasteiger partial charge in [-0.2, -0.15) is 5.10 Å². The van der Waals surface area contributed by atoms with Crippen molar-refractivity contribution in [1.29, 1.82) is 0 Å². The fourth-order valence-electron chi connectivity index (χ4n) is 3.98. The molecule has 0 radical (unpaired) electrons. The molecule has 30 heavy (non-hydrogen) atoms. The number of aromatic amines is 1. The normalized spacial score (nSPS) is 16.2. The standard InChI is InChI=1S/C24H29N3O3/c1-16-4-6-20(7-5-16)29-13-11-19-10-12-27(15-19)24(28)23-9-8-21(30-23)14-22-17(2)25-26-18(22)3/h4-9,19H,10-15H2,1-3H3,(H,25,26). The maximum Gasteiger partial charge on any atom is 0.289 e. The van der Waals surface area contributed by atoms with Crippen LogP contribution in [-0.2, 0) is 6.42 Å². The summed E-state index contributed by atoms with van der Waals surface area (Å²) in [5.74, 6) is 2.54. The number of H-pyrrole nitrogens is 1. The zero-order valence-electron chi connectivity index (χ0n) is 17.9. The lowest BCUT2D eigenvalue weighted by Crippen LogP contribution is -2.28. The first-order valence-corrected chi connectivity index (χ1v) is 10.6. The highest BCUT2D eigenvalue weighted by Crippen LogP contribution is 2.24. The van der Waals surface area contributed by atoms with Crippen molar-refractivity contribution in [2.75, 3.05) is 19.7 Å². The van der Waals surface area contributed by atoms with Crippen LogP contribution >= 0.6 is 0 Å². The second-order valence-corrected chi connectivity index (χ2v) is 8.21. The van der Waals surface area contributed by atoms with Gasteiger partial charge in [0, 0.05) is 30.8 Å². The van der Waals surface area contributed by atoms with Crippen LogP contribution in [0.15, 0.2) is 40.8 Å². The Labute approximate surface area is 177 Å². The van der Waals surface area contributed by atoms with Crippen molar-refractivity contribution in [2.45, 2.75) is 40.0 Å². The molecule has 1 aliphatic heterocycles. The molecule has 1 aromatic carbocycles. The van der Waals surface area contributed by atoms with Gasteiger partial charge in [-0.3, -0.25) is 9.89 Å². The summed E-state index contributed by atoms with van der Waals surface area (Å²) in [4.78, 5) is 14.7. The summed E-state index contributed by atoms with van der Waals surface area (Å²) in [6.07, 6.45) is 2.59. The van der Waals surface area contributed by atoms with E-state index in [9.17, 15) is 4.79 Å². The Balaban J connectivity index is 1.27. The van der Waals surface area contributed by atoms with Gasteiger partial charge < -0.3 is 14.1 Å². The predicted molar refractivity (Wildman–Crippen MR) is 115 cm³/mol. The predicted octanol–water partition coefficient (Wildman–Crippen LogP) is 4.45. The summed E-state index contributed by atoms with van der Waals surface area (Å²) in [5, 5.41) is 7.21. The van der Waals surface area contributed by atoms with E-state index in [-0.39, 0.29) is 5.91 Å². The monoisotopic (exact) mass is 407 g/mol. The van der Waals surface area contributed by atoms with Crippen LogP contribution in [0.1, 0.15) is 51.7 Å². The van der Waals surface area contributed by atoms with Crippen molar-refractivity contribution in [2.24, 2.45) is 5.92 Å². The molecule has 1 fully saturated rings. The van der Waals surface area contributed by atoms with E-state index in [2.05, 4.69) is 29.3 Å². The lowest BCUT2D eigenvalue weighted by molar-refractivity contribution is 0.0752. The molecule has 6 heteroatoms. The SMILES string of the molecule is Cc1ccc(OCCC2CCN(C(=O)c3ccc(Cc4c(C)n[nH]c4C)o3)C2)cc1. The molecule has 4 rings (SSSR count). The first-order chi connectivity index (χ1) is 14.5. The summed E-state index contributed by atoms with van der Waals surface area (Å²) < 4.78 is 11.7. The van der Waals surface area contributed by atoms with Gasteiger partial charge in [-0.15, -0.1) is 0 Å². The molecule has 0 bridgehead atoms. The first-order valence-electron chi connectivity index (χ1n) is 10.6. The van der Waals surface area contributed by atoms with Gasteiger partial charge in [0.15, 0.2) is 5.76 Å². The quantitative estimate of drug-likeness (QED) is 0.628. The Bertz CT molecular complexity index is 984. The molecule has 3 aromatic rings. The van der Waals surface area contributed by atoms with Gasteiger partial charge in [-0.1, -0.05) is 17.7 Å². The highest BCUT2D eigenvalue weighted by atomic mass is 16.5. The molecule has 6 nitrogen and oxygen atoms in total. The molecule has 158 valence electrons. The van der Waals surface area contributed by atoms with Crippen molar-refractivity contribution < 1.29 is 13.9 Å². The summed E-state index contributed by atoms with van der Waals surface area (Å²) in [6, 6.07) is 11.8. The van der Waals surface area contributed by atoms with Crippen LogP contribution in [0.4, 0.5) is 0 Å². The molecular weight excluding hydrogens is 378 g/mol. The van der Waals surface area contributed by atoms with Gasteiger partial charge in [0.05, 0.1) is 12.3 Å². The third-order valence-corrected chi connectivity index (χ3v) is 5.89. The molecular formula is C24H29N3O3. The van der Waals surface area contributed by atoms with Crippen molar-refractivity contribution in [3.8, 4) is 5.75 Å². The Morgan fingerprint density at radius 3 is 2.73 bits per heavy atom. The fourth-order valence-corrected chi connectivity index (χ4v) is 3.98. The number of likely N-dealkylation sites (tertiary alicyclic amines) is 1. The fraction of sp³-hybridized carbons (Fsp3) is 0.417. The molecule has 0 saturated carbocycles. The van der Waals surface area contributed by atoms with Gasteiger partial charge in [-0.25, -0.2) is 0 Å². The Morgan fingerprint density at radius 2 is 2.00 bits per heavy atom. The number of nitrogens with one attached hydrogen (secondary N) is 1. The highest BCUT2D eigenvalue weighted by Gasteiger charge is 2.28. The smallest absolute Gasteiger partial charge is 0.289 e. The minimum Gasteiger partial charge on any atom is -0.494 e. The molecule has 1 unspecified atom stereocenters. The van der Waals surface area contributed by atoms with Crippen LogP contribution in [0.3, 0.4) is 0 Å². The summed E-state index contributed by atoms with van der Waals surface area (Å²) in [7, 11) is 0. The van der Waals surface area contributed by atoms with Gasteiger partial charge in [0.1, 0.15) is 11.5 Å². The third-order valence-electron chi connectivity index (χ3n) is 5.89. The Kier molecular flexibility index (Phi) is 5.93. The van der Waals surface area contributed by atoms with E-state index in [1.807, 2.05) is 36.9 Å². The number of aromatic nitrogens is 2. The van der Waals surface area contributed by atoms with Gasteiger partial charge in [0.25, 0.3) is 5.91 Å². The summed E-state index contributed by atoms with van der Waals surface area (Å²) in [5.41, 5.74) is 4.35. The second-order valence-electron chi connectivity index (χ2n) is 8.21. The number of rotatable bonds is 7. The van der Waals surface area contributed by atoms with E-state index in [0.29, 0.717) is 24.7 Å². The molecule has 1 atom stereocenters. The number of furan rings is 1. The Hall–Kier alpha value is -3.02. The molecule has 3 heterocycles. The van der Waals surface area contributed by atoms with Crippen molar-refractivity contribution in [3.05, 3.63) is 70.4 Å². The molecule has 1 aliphatic rings. The molecule has 2 aromatic heterocycles. The van der Waals surface area contributed by atoms with E-state index in [0.717, 1.165) is 54.4 Å². The minimum absolute atomic E-state index is 0.0242. The molecule has 0 spiro atoms. The molecule has 1 saturated heterocycles. The number of amides is 1. The van der Waals surface area contributed by atoms with Crippen LogP contribution in [0.5, 0.6) is 5.75 Å². The average Bonchev–Trinajstić information content (AvgIpc) is 3.47. The van der Waals surface area contributed by atoms with E-state index in [4.69, 9.17) is 9.15 Å². The number of benzene rings is 1. The number of carbonyl (C=O) groups excluding carboxylic acids is 1. The summed E-state index contributed by atoms with van der Waals surface area (Å²) >= 11 is 0. The maximum atomic E-state index is 12.9. The second kappa shape index (κ2) is 8.78.